The Kier molecular flexibility index (Phi) is 5.27. The fraction of sp³-hybridized carbons (Fsp3) is 0.150. The van der Waals surface area contributed by atoms with Crippen molar-refractivity contribution in [2.45, 2.75) is 13.8 Å². The second-order valence-electron chi connectivity index (χ2n) is 5.48. The molecular weight excluding hydrogens is 382 g/mol. The molecule has 0 aliphatic rings. The molecule has 0 unspecified atom stereocenters. The average molecular weight is 400 g/mol. The number of aryl methyl sites for hydroxylation is 1. The van der Waals surface area contributed by atoms with Crippen LogP contribution in [-0.2, 0) is 0 Å². The second-order valence-corrected chi connectivity index (χ2v) is 7.70. The van der Waals surface area contributed by atoms with Gasteiger partial charge in [0, 0.05) is 43.2 Å². The number of thioether (sulfide) groups is 1. The highest BCUT2D eigenvalue weighted by atomic mass is 79.9. The second kappa shape index (κ2) is 7.41. The first kappa shape index (κ1) is 17.1. The molecule has 0 aliphatic carbocycles. The van der Waals surface area contributed by atoms with Crippen LogP contribution in [0.25, 0.3) is 15.8 Å². The van der Waals surface area contributed by atoms with E-state index in [-0.39, 0.29) is 5.78 Å². The lowest BCUT2D eigenvalue weighted by atomic mass is 10.1. The van der Waals surface area contributed by atoms with E-state index in [1.54, 1.807) is 17.8 Å². The molecule has 2 aromatic carbocycles. The van der Waals surface area contributed by atoms with Gasteiger partial charge >= 0.3 is 0 Å². The standard InChI is InChI=1S/C20H18BrNOS/c1-3-24-19(12-18(23)14-8-10-15(21)11-9-14)20-13(2)22-17-7-5-4-6-16(17)20/h4-12,22H,3H2,1-2H3. The number of carbonyl (C=O) groups is 1. The van der Waals surface area contributed by atoms with Gasteiger partial charge in [-0.2, -0.15) is 0 Å². The topological polar surface area (TPSA) is 32.9 Å². The van der Waals surface area contributed by atoms with Crippen molar-refractivity contribution in [2.75, 3.05) is 5.75 Å². The molecule has 24 heavy (non-hydrogen) atoms. The van der Waals surface area contributed by atoms with Crippen LogP contribution >= 0.6 is 27.7 Å². The van der Waals surface area contributed by atoms with Gasteiger partial charge in [0.25, 0.3) is 0 Å². The van der Waals surface area contributed by atoms with Gasteiger partial charge in [0.15, 0.2) is 5.78 Å². The number of rotatable bonds is 5. The van der Waals surface area contributed by atoms with Gasteiger partial charge in [0.05, 0.1) is 0 Å². The number of benzene rings is 2. The van der Waals surface area contributed by atoms with E-state index in [9.17, 15) is 4.79 Å². The van der Waals surface area contributed by atoms with Crippen molar-refractivity contribution in [1.29, 1.82) is 0 Å². The summed E-state index contributed by atoms with van der Waals surface area (Å²) in [6.45, 7) is 4.16. The van der Waals surface area contributed by atoms with Gasteiger partial charge in [-0.15, -0.1) is 11.8 Å². The molecule has 0 spiro atoms. The Morgan fingerprint density at radius 3 is 2.58 bits per heavy atom. The average Bonchev–Trinajstić information content (AvgIpc) is 2.90. The van der Waals surface area contributed by atoms with Gasteiger partial charge in [-0.3, -0.25) is 4.79 Å². The van der Waals surface area contributed by atoms with E-state index in [1.165, 1.54) is 0 Å². The van der Waals surface area contributed by atoms with Gasteiger partial charge in [-0.25, -0.2) is 0 Å². The Morgan fingerprint density at radius 2 is 1.88 bits per heavy atom. The molecule has 0 radical (unpaired) electrons. The van der Waals surface area contributed by atoms with Crippen molar-refractivity contribution in [3.05, 3.63) is 75.9 Å². The molecule has 0 atom stereocenters. The first-order valence-electron chi connectivity index (χ1n) is 7.82. The van der Waals surface area contributed by atoms with Gasteiger partial charge in [-0.1, -0.05) is 41.1 Å². The number of aromatic nitrogens is 1. The van der Waals surface area contributed by atoms with Gasteiger partial charge in [0.2, 0.25) is 0 Å². The fourth-order valence-corrected chi connectivity index (χ4v) is 3.93. The van der Waals surface area contributed by atoms with E-state index in [0.29, 0.717) is 5.56 Å². The summed E-state index contributed by atoms with van der Waals surface area (Å²) in [7, 11) is 0. The Hall–Kier alpha value is -1.78. The summed E-state index contributed by atoms with van der Waals surface area (Å²) in [5.41, 5.74) is 4.02. The predicted octanol–water partition coefficient (Wildman–Crippen LogP) is 6.22. The molecule has 3 aromatic rings. The van der Waals surface area contributed by atoms with Crippen molar-refractivity contribution < 1.29 is 4.79 Å². The zero-order chi connectivity index (χ0) is 17.1. The molecule has 0 bridgehead atoms. The number of carbonyl (C=O) groups excluding carboxylic acids is 1. The number of ketones is 1. The summed E-state index contributed by atoms with van der Waals surface area (Å²) in [5, 5.41) is 1.16. The Bertz CT molecular complexity index is 909. The van der Waals surface area contributed by atoms with E-state index in [0.717, 1.165) is 37.3 Å². The van der Waals surface area contributed by atoms with Gasteiger partial charge in [0.1, 0.15) is 0 Å². The summed E-state index contributed by atoms with van der Waals surface area (Å²) in [6, 6.07) is 15.7. The van der Waals surface area contributed by atoms with E-state index >= 15 is 0 Å². The molecule has 1 aromatic heterocycles. The largest absolute Gasteiger partial charge is 0.358 e. The van der Waals surface area contributed by atoms with Crippen molar-refractivity contribution in [3.8, 4) is 0 Å². The van der Waals surface area contributed by atoms with Crippen LogP contribution < -0.4 is 0 Å². The molecule has 0 aliphatic heterocycles. The Labute approximate surface area is 154 Å². The van der Waals surface area contributed by atoms with Crippen molar-refractivity contribution in [2.24, 2.45) is 0 Å². The molecule has 1 heterocycles. The fourth-order valence-electron chi connectivity index (χ4n) is 2.75. The quantitative estimate of drug-likeness (QED) is 0.408. The maximum atomic E-state index is 12.7. The van der Waals surface area contributed by atoms with Crippen molar-refractivity contribution in [3.63, 3.8) is 0 Å². The highest BCUT2D eigenvalue weighted by Crippen LogP contribution is 2.35. The zero-order valence-electron chi connectivity index (χ0n) is 13.6. The number of allylic oxidation sites excluding steroid dienone is 1. The van der Waals surface area contributed by atoms with Crippen LogP contribution in [0.1, 0.15) is 28.5 Å². The molecule has 4 heteroatoms. The van der Waals surface area contributed by atoms with Crippen LogP contribution in [-0.4, -0.2) is 16.5 Å². The Balaban J connectivity index is 2.07. The molecule has 2 nitrogen and oxygen atoms in total. The van der Waals surface area contributed by atoms with Crippen LogP contribution in [0.15, 0.2) is 59.1 Å². The van der Waals surface area contributed by atoms with Crippen LogP contribution in [0, 0.1) is 6.92 Å². The van der Waals surface area contributed by atoms with E-state index in [4.69, 9.17) is 0 Å². The first-order chi connectivity index (χ1) is 11.6. The molecular formula is C20H18BrNOS. The number of halogens is 1. The minimum absolute atomic E-state index is 0.0307. The SMILES string of the molecule is CCSC(=CC(=O)c1ccc(Br)cc1)c1c(C)[nH]c2ccccc12. The summed E-state index contributed by atoms with van der Waals surface area (Å²) >= 11 is 5.10. The van der Waals surface area contributed by atoms with Gasteiger partial charge in [-0.05, 0) is 43.0 Å². The number of para-hydroxylation sites is 1. The molecule has 1 N–H and O–H groups in total. The van der Waals surface area contributed by atoms with Gasteiger partial charge < -0.3 is 4.98 Å². The summed E-state index contributed by atoms with van der Waals surface area (Å²) in [5.74, 6) is 0.946. The number of H-pyrrole nitrogens is 1. The van der Waals surface area contributed by atoms with Crippen molar-refractivity contribution in [1.82, 2.24) is 4.98 Å². The third kappa shape index (κ3) is 3.50. The highest BCUT2D eigenvalue weighted by Gasteiger charge is 2.14. The third-order valence-corrected chi connectivity index (χ3v) is 5.28. The zero-order valence-corrected chi connectivity index (χ0v) is 16.0. The van der Waals surface area contributed by atoms with Crippen LogP contribution in [0.4, 0.5) is 0 Å². The molecule has 0 saturated carbocycles. The minimum Gasteiger partial charge on any atom is -0.358 e. The number of hydrogen-bond donors (Lipinski definition) is 1. The number of aromatic amines is 1. The van der Waals surface area contributed by atoms with Crippen LogP contribution in [0.2, 0.25) is 0 Å². The molecule has 0 amide bonds. The first-order valence-corrected chi connectivity index (χ1v) is 9.60. The smallest absolute Gasteiger partial charge is 0.186 e. The lowest BCUT2D eigenvalue weighted by molar-refractivity contribution is 0.104. The van der Waals surface area contributed by atoms with E-state index in [1.807, 2.05) is 36.4 Å². The maximum absolute atomic E-state index is 12.7. The summed E-state index contributed by atoms with van der Waals surface area (Å²) in [4.78, 5) is 17.1. The Morgan fingerprint density at radius 1 is 1.17 bits per heavy atom. The molecule has 122 valence electrons. The lowest BCUT2D eigenvalue weighted by Gasteiger charge is -2.07. The summed E-state index contributed by atoms with van der Waals surface area (Å²) in [6.07, 6.45) is 1.76. The highest BCUT2D eigenvalue weighted by molar-refractivity contribution is 9.10. The summed E-state index contributed by atoms with van der Waals surface area (Å²) < 4.78 is 0.971. The maximum Gasteiger partial charge on any atom is 0.186 e. The van der Waals surface area contributed by atoms with Crippen molar-refractivity contribution >= 4 is 49.3 Å². The normalized spacial score (nSPS) is 11.9. The molecule has 0 saturated heterocycles. The number of nitrogens with one attached hydrogen (secondary N) is 1. The predicted molar refractivity (Wildman–Crippen MR) is 108 cm³/mol. The van der Waals surface area contributed by atoms with Crippen LogP contribution in [0.3, 0.4) is 0 Å². The monoisotopic (exact) mass is 399 g/mol. The van der Waals surface area contributed by atoms with E-state index in [2.05, 4.69) is 46.9 Å². The molecule has 0 fully saturated rings. The number of fused-ring (bicyclic) bond motifs is 1. The number of hydrogen-bond acceptors (Lipinski definition) is 2. The lowest BCUT2D eigenvalue weighted by Crippen LogP contribution is -1.96. The third-order valence-electron chi connectivity index (χ3n) is 3.83. The van der Waals surface area contributed by atoms with Crippen LogP contribution in [0.5, 0.6) is 0 Å². The minimum atomic E-state index is 0.0307. The molecule has 3 rings (SSSR count). The van der Waals surface area contributed by atoms with E-state index < -0.39 is 0 Å².